The maximum Gasteiger partial charge on any atom is 0.148 e. The van der Waals surface area contributed by atoms with Crippen molar-refractivity contribution in [2.75, 3.05) is 32.1 Å². The first-order valence-corrected chi connectivity index (χ1v) is 8.56. The Morgan fingerprint density at radius 1 is 1.41 bits per heavy atom. The lowest BCUT2D eigenvalue weighted by molar-refractivity contribution is 0.175. The number of likely N-dealkylation sites (tertiary alicyclic amines) is 1. The fourth-order valence-electron chi connectivity index (χ4n) is 2.52. The third-order valence-corrected chi connectivity index (χ3v) is 4.55. The van der Waals surface area contributed by atoms with Gasteiger partial charge in [-0.2, -0.15) is 0 Å². The van der Waals surface area contributed by atoms with E-state index in [2.05, 4.69) is 17.3 Å². The van der Waals surface area contributed by atoms with Crippen LogP contribution in [0.15, 0.2) is 0 Å². The van der Waals surface area contributed by atoms with Crippen molar-refractivity contribution in [2.45, 2.75) is 44.7 Å². The van der Waals surface area contributed by atoms with Gasteiger partial charge < -0.3 is 10.2 Å². The second kappa shape index (κ2) is 6.71. The van der Waals surface area contributed by atoms with Crippen LogP contribution >= 0.6 is 0 Å². The van der Waals surface area contributed by atoms with Crippen LogP contribution < -0.4 is 5.32 Å². The summed E-state index contributed by atoms with van der Waals surface area (Å²) in [5.41, 5.74) is 0. The molecule has 1 saturated heterocycles. The monoisotopic (exact) mass is 262 g/mol. The molecule has 1 aliphatic heterocycles. The number of rotatable bonds is 6. The molecule has 0 aliphatic carbocycles. The average molecular weight is 262 g/mol. The van der Waals surface area contributed by atoms with Crippen LogP contribution in [0.5, 0.6) is 0 Å². The Bertz CT molecular complexity index is 316. The summed E-state index contributed by atoms with van der Waals surface area (Å²) in [6.07, 6.45) is 6.32. The zero-order valence-electron chi connectivity index (χ0n) is 11.3. The maximum atomic E-state index is 11.1. The van der Waals surface area contributed by atoms with Crippen LogP contribution in [0.1, 0.15) is 32.6 Å². The van der Waals surface area contributed by atoms with E-state index in [0.29, 0.717) is 6.04 Å². The Morgan fingerprint density at radius 2 is 2.12 bits per heavy atom. The Kier molecular flexibility index (Phi) is 5.89. The first kappa shape index (κ1) is 14.9. The number of nitrogens with zero attached hydrogens (tertiary/aromatic N) is 1. The molecule has 2 atom stereocenters. The molecule has 0 amide bonds. The Hall–Kier alpha value is -0.130. The van der Waals surface area contributed by atoms with Crippen LogP contribution in [0.25, 0.3) is 0 Å². The highest BCUT2D eigenvalue weighted by atomic mass is 32.2. The molecule has 102 valence electrons. The highest BCUT2D eigenvalue weighted by molar-refractivity contribution is 7.90. The summed E-state index contributed by atoms with van der Waals surface area (Å²) in [6.45, 7) is 4.04. The highest BCUT2D eigenvalue weighted by Gasteiger charge is 2.18. The van der Waals surface area contributed by atoms with Crippen LogP contribution in [0, 0.1) is 0 Å². The zero-order valence-corrected chi connectivity index (χ0v) is 12.1. The summed E-state index contributed by atoms with van der Waals surface area (Å²) in [4.78, 5) is 2.42. The Balaban J connectivity index is 2.18. The molecule has 2 unspecified atom stereocenters. The number of hydrogen-bond acceptors (Lipinski definition) is 4. The SMILES string of the molecule is CC(CS(C)(=O)=O)NCCC1CCCCN1C. The van der Waals surface area contributed by atoms with Crippen LogP contribution in [-0.2, 0) is 9.84 Å². The molecule has 0 saturated carbocycles. The van der Waals surface area contributed by atoms with Gasteiger partial charge in [-0.3, -0.25) is 0 Å². The van der Waals surface area contributed by atoms with Crippen molar-refractivity contribution in [3.63, 3.8) is 0 Å². The first-order valence-electron chi connectivity index (χ1n) is 6.50. The van der Waals surface area contributed by atoms with Crippen molar-refractivity contribution in [1.82, 2.24) is 10.2 Å². The fourth-order valence-corrected chi connectivity index (χ4v) is 3.54. The molecule has 1 heterocycles. The largest absolute Gasteiger partial charge is 0.313 e. The molecule has 5 heteroatoms. The van der Waals surface area contributed by atoms with Crippen molar-refractivity contribution in [3.05, 3.63) is 0 Å². The van der Waals surface area contributed by atoms with Crippen molar-refractivity contribution in [1.29, 1.82) is 0 Å². The fraction of sp³-hybridized carbons (Fsp3) is 1.00. The normalized spacial score (nSPS) is 24.8. The standard InChI is InChI=1S/C12H26N2O2S/c1-11(10-17(3,15)16)13-8-7-12-6-4-5-9-14(12)2/h11-13H,4-10H2,1-3H3. The van der Waals surface area contributed by atoms with Gasteiger partial charge in [0.15, 0.2) is 0 Å². The minimum atomic E-state index is -2.86. The Labute approximate surface area is 106 Å². The topological polar surface area (TPSA) is 49.4 Å². The van der Waals surface area contributed by atoms with Crippen molar-refractivity contribution >= 4 is 9.84 Å². The molecule has 1 rings (SSSR count). The molecule has 1 fully saturated rings. The van der Waals surface area contributed by atoms with Gasteiger partial charge in [0.25, 0.3) is 0 Å². The van der Waals surface area contributed by atoms with Gasteiger partial charge in [0.05, 0.1) is 5.75 Å². The molecule has 1 aliphatic rings. The molecule has 1 N–H and O–H groups in total. The van der Waals surface area contributed by atoms with E-state index in [1.54, 1.807) is 0 Å². The maximum absolute atomic E-state index is 11.1. The molecule has 0 aromatic carbocycles. The third-order valence-electron chi connectivity index (χ3n) is 3.44. The minimum Gasteiger partial charge on any atom is -0.313 e. The summed E-state index contributed by atoms with van der Waals surface area (Å²) in [5, 5.41) is 3.30. The minimum absolute atomic E-state index is 0.0545. The van der Waals surface area contributed by atoms with Gasteiger partial charge in [-0.1, -0.05) is 6.42 Å². The predicted octanol–water partition coefficient (Wildman–Crippen LogP) is 0.884. The van der Waals surface area contributed by atoms with E-state index in [0.717, 1.165) is 13.0 Å². The van der Waals surface area contributed by atoms with Gasteiger partial charge in [-0.15, -0.1) is 0 Å². The highest BCUT2D eigenvalue weighted by Crippen LogP contribution is 2.17. The number of nitrogens with one attached hydrogen (secondary N) is 1. The smallest absolute Gasteiger partial charge is 0.148 e. The van der Waals surface area contributed by atoms with Gasteiger partial charge >= 0.3 is 0 Å². The van der Waals surface area contributed by atoms with Crippen molar-refractivity contribution in [2.24, 2.45) is 0 Å². The third kappa shape index (κ3) is 6.38. The molecule has 0 aromatic heterocycles. The van der Waals surface area contributed by atoms with Crippen molar-refractivity contribution in [3.8, 4) is 0 Å². The summed E-state index contributed by atoms with van der Waals surface area (Å²) >= 11 is 0. The molecular formula is C12H26N2O2S. The van der Waals surface area contributed by atoms with E-state index < -0.39 is 9.84 Å². The lowest BCUT2D eigenvalue weighted by atomic mass is 10.0. The summed E-state index contributed by atoms with van der Waals surface area (Å²) in [7, 11) is -0.678. The second-order valence-corrected chi connectivity index (χ2v) is 7.55. The quantitative estimate of drug-likeness (QED) is 0.772. The molecular weight excluding hydrogens is 236 g/mol. The van der Waals surface area contributed by atoms with Crippen LogP contribution in [0.2, 0.25) is 0 Å². The molecule has 0 spiro atoms. The van der Waals surface area contributed by atoms with Gasteiger partial charge in [-0.25, -0.2) is 8.42 Å². The second-order valence-electron chi connectivity index (χ2n) is 5.37. The lowest BCUT2D eigenvalue weighted by Crippen LogP contribution is -2.40. The summed E-state index contributed by atoms with van der Waals surface area (Å²) in [6, 6.07) is 0.723. The zero-order chi connectivity index (χ0) is 12.9. The van der Waals surface area contributed by atoms with E-state index >= 15 is 0 Å². The van der Waals surface area contributed by atoms with Gasteiger partial charge in [0.1, 0.15) is 9.84 Å². The lowest BCUT2D eigenvalue weighted by Gasteiger charge is -2.32. The van der Waals surface area contributed by atoms with E-state index in [1.807, 2.05) is 6.92 Å². The molecule has 0 radical (unpaired) electrons. The number of hydrogen-bond donors (Lipinski definition) is 1. The first-order chi connectivity index (χ1) is 7.88. The number of sulfone groups is 1. The van der Waals surface area contributed by atoms with E-state index in [-0.39, 0.29) is 11.8 Å². The molecule has 0 bridgehead atoms. The number of piperidine rings is 1. The average Bonchev–Trinajstić information content (AvgIpc) is 2.18. The summed E-state index contributed by atoms with van der Waals surface area (Å²) in [5.74, 6) is 0.230. The summed E-state index contributed by atoms with van der Waals surface area (Å²) < 4.78 is 22.2. The van der Waals surface area contributed by atoms with Crippen molar-refractivity contribution < 1.29 is 8.42 Å². The molecule has 17 heavy (non-hydrogen) atoms. The van der Waals surface area contributed by atoms with E-state index in [9.17, 15) is 8.42 Å². The molecule has 4 nitrogen and oxygen atoms in total. The predicted molar refractivity (Wildman–Crippen MR) is 72.1 cm³/mol. The Morgan fingerprint density at radius 3 is 2.71 bits per heavy atom. The molecule has 0 aromatic rings. The van der Waals surface area contributed by atoms with Gasteiger partial charge in [0.2, 0.25) is 0 Å². The van der Waals surface area contributed by atoms with E-state index in [1.165, 1.54) is 32.1 Å². The van der Waals surface area contributed by atoms with Crippen LogP contribution in [0.3, 0.4) is 0 Å². The van der Waals surface area contributed by atoms with Gasteiger partial charge in [-0.05, 0) is 46.3 Å². The van der Waals surface area contributed by atoms with Crippen LogP contribution in [0.4, 0.5) is 0 Å². The van der Waals surface area contributed by atoms with Crippen LogP contribution in [-0.4, -0.2) is 57.5 Å². The van der Waals surface area contributed by atoms with E-state index in [4.69, 9.17) is 0 Å². The van der Waals surface area contributed by atoms with Gasteiger partial charge in [0, 0.05) is 18.3 Å².